The molecule has 0 radical (unpaired) electrons. The van der Waals surface area contributed by atoms with E-state index in [1.165, 1.54) is 11.3 Å². The molecule has 0 aliphatic carbocycles. The summed E-state index contributed by atoms with van der Waals surface area (Å²) < 4.78 is 11.2. The quantitative estimate of drug-likeness (QED) is 0.180. The van der Waals surface area contributed by atoms with Gasteiger partial charge < -0.3 is 30.1 Å². The Labute approximate surface area is 250 Å². The molecule has 1 amide bonds. The fourth-order valence-electron chi connectivity index (χ4n) is 4.84. The third kappa shape index (κ3) is 8.28. The molecule has 4 aromatic rings. The smallest absolute Gasteiger partial charge is 0.261 e. The van der Waals surface area contributed by atoms with Crippen molar-refractivity contribution in [3.8, 4) is 22.1 Å². The summed E-state index contributed by atoms with van der Waals surface area (Å²) >= 11 is 1.39. The van der Waals surface area contributed by atoms with Crippen LogP contribution < -0.4 is 20.1 Å². The number of hydrogen-bond donors (Lipinski definition) is 3. The fraction of sp³-hybridized carbons (Fsp3) is 0.344. The van der Waals surface area contributed by atoms with Crippen LogP contribution in [0.4, 0.5) is 11.6 Å². The largest absolute Gasteiger partial charge is 0.497 e. The lowest BCUT2D eigenvalue weighted by atomic mass is 9.98. The normalized spacial score (nSPS) is 14.0. The van der Waals surface area contributed by atoms with E-state index in [1.54, 1.807) is 13.3 Å². The van der Waals surface area contributed by atoms with Crippen LogP contribution in [0.1, 0.15) is 34.5 Å². The first-order valence-corrected chi connectivity index (χ1v) is 15.1. The molecule has 1 aliphatic heterocycles. The van der Waals surface area contributed by atoms with Gasteiger partial charge in [0.15, 0.2) is 0 Å². The summed E-state index contributed by atoms with van der Waals surface area (Å²) in [5.74, 6) is 2.39. The predicted molar refractivity (Wildman–Crippen MR) is 166 cm³/mol. The monoisotopic (exact) mass is 587 g/mol. The minimum absolute atomic E-state index is 0.133. The maximum absolute atomic E-state index is 12.7. The zero-order valence-corrected chi connectivity index (χ0v) is 24.6. The molecule has 0 atom stereocenters. The molecule has 10 heteroatoms. The number of anilines is 2. The molecule has 1 aliphatic rings. The summed E-state index contributed by atoms with van der Waals surface area (Å²) in [5, 5.41) is 15.5. The molecule has 5 rings (SSSR count). The number of nitrogens with zero attached hydrogens (tertiary/aromatic N) is 3. The molecule has 3 N–H and O–H groups in total. The van der Waals surface area contributed by atoms with Gasteiger partial charge in [0.05, 0.1) is 29.2 Å². The number of benzene rings is 2. The van der Waals surface area contributed by atoms with E-state index in [9.17, 15) is 9.90 Å². The number of hydrogen-bond acceptors (Lipinski definition) is 9. The molecule has 0 unspecified atom stereocenters. The number of aliphatic hydroxyl groups is 1. The Morgan fingerprint density at radius 3 is 2.69 bits per heavy atom. The van der Waals surface area contributed by atoms with Gasteiger partial charge in [0.1, 0.15) is 11.5 Å². The van der Waals surface area contributed by atoms with Gasteiger partial charge in [-0.2, -0.15) is 0 Å². The molecule has 0 saturated carbocycles. The Kier molecular flexibility index (Phi) is 10.4. The van der Waals surface area contributed by atoms with Gasteiger partial charge in [-0.05, 0) is 98.4 Å². The van der Waals surface area contributed by atoms with Crippen LogP contribution in [0.3, 0.4) is 0 Å². The summed E-state index contributed by atoms with van der Waals surface area (Å²) in [4.78, 5) is 25.7. The van der Waals surface area contributed by atoms with Gasteiger partial charge in [-0.3, -0.25) is 4.79 Å². The Balaban J connectivity index is 1.09. The van der Waals surface area contributed by atoms with Crippen LogP contribution in [0.2, 0.25) is 0 Å². The first-order chi connectivity index (χ1) is 20.6. The number of rotatable bonds is 13. The fourth-order valence-corrected chi connectivity index (χ4v) is 5.73. The molecule has 220 valence electrons. The second-order valence-electron chi connectivity index (χ2n) is 10.3. The van der Waals surface area contributed by atoms with Crippen LogP contribution in [0.15, 0.2) is 72.9 Å². The van der Waals surface area contributed by atoms with Crippen LogP contribution in [0.5, 0.6) is 11.5 Å². The topological polar surface area (TPSA) is 109 Å². The predicted octanol–water partition coefficient (Wildman–Crippen LogP) is 5.36. The third-order valence-corrected chi connectivity index (χ3v) is 8.39. The van der Waals surface area contributed by atoms with E-state index in [0.717, 1.165) is 72.2 Å². The van der Waals surface area contributed by atoms with E-state index >= 15 is 0 Å². The highest BCUT2D eigenvalue weighted by molar-refractivity contribution is 7.17. The van der Waals surface area contributed by atoms with E-state index in [0.29, 0.717) is 36.5 Å². The summed E-state index contributed by atoms with van der Waals surface area (Å²) in [7, 11) is 1.62. The van der Waals surface area contributed by atoms with E-state index in [-0.39, 0.29) is 5.91 Å². The van der Waals surface area contributed by atoms with Crippen molar-refractivity contribution in [3.05, 3.63) is 83.4 Å². The van der Waals surface area contributed by atoms with Crippen LogP contribution in [-0.4, -0.2) is 65.8 Å². The van der Waals surface area contributed by atoms with Crippen molar-refractivity contribution < 1.29 is 19.4 Å². The maximum atomic E-state index is 12.7. The maximum Gasteiger partial charge on any atom is 0.261 e. The van der Waals surface area contributed by atoms with Gasteiger partial charge in [0.25, 0.3) is 5.91 Å². The Morgan fingerprint density at radius 1 is 1.07 bits per heavy atom. The highest BCUT2D eigenvalue weighted by atomic mass is 32.1. The lowest BCUT2D eigenvalue weighted by molar-refractivity contribution is 0.0955. The molecule has 9 nitrogen and oxygen atoms in total. The van der Waals surface area contributed by atoms with E-state index in [4.69, 9.17) is 9.47 Å². The van der Waals surface area contributed by atoms with Crippen molar-refractivity contribution in [1.29, 1.82) is 0 Å². The molecule has 1 fully saturated rings. The SMILES string of the molecule is COc1cccc(CNC(=O)c2ccc(-c3ccnc(Nc4ccc(OCCCN5CCC(CO)CC5)cc4)n3)s2)c1. The van der Waals surface area contributed by atoms with E-state index in [1.807, 2.05) is 66.7 Å². The molecule has 1 saturated heterocycles. The summed E-state index contributed by atoms with van der Waals surface area (Å²) in [6.45, 7) is 4.53. The molecular weight excluding hydrogens is 550 g/mol. The molecule has 0 spiro atoms. The average molecular weight is 588 g/mol. The van der Waals surface area contributed by atoms with Crippen molar-refractivity contribution in [2.75, 3.05) is 45.3 Å². The number of carbonyl (C=O) groups is 1. The highest BCUT2D eigenvalue weighted by Gasteiger charge is 2.18. The number of aromatic nitrogens is 2. The second-order valence-corrected chi connectivity index (χ2v) is 11.4. The van der Waals surface area contributed by atoms with Crippen molar-refractivity contribution in [2.45, 2.75) is 25.8 Å². The molecule has 2 aromatic heterocycles. The Morgan fingerprint density at radius 2 is 1.90 bits per heavy atom. The minimum Gasteiger partial charge on any atom is -0.497 e. The first-order valence-electron chi connectivity index (χ1n) is 14.3. The summed E-state index contributed by atoms with van der Waals surface area (Å²) in [5.41, 5.74) is 2.57. The number of carbonyl (C=O) groups excluding carboxylic acids is 1. The lowest BCUT2D eigenvalue weighted by Gasteiger charge is -2.30. The molecule has 0 bridgehead atoms. The van der Waals surface area contributed by atoms with Crippen LogP contribution in [0.25, 0.3) is 10.6 Å². The van der Waals surface area contributed by atoms with Gasteiger partial charge in [0.2, 0.25) is 5.95 Å². The number of amides is 1. The third-order valence-electron chi connectivity index (χ3n) is 7.29. The molecular formula is C32H37N5O4S. The Hall–Kier alpha value is -3.99. The van der Waals surface area contributed by atoms with Crippen LogP contribution in [0, 0.1) is 5.92 Å². The van der Waals surface area contributed by atoms with Gasteiger partial charge in [-0.15, -0.1) is 11.3 Å². The van der Waals surface area contributed by atoms with Crippen LogP contribution >= 0.6 is 11.3 Å². The van der Waals surface area contributed by atoms with Crippen molar-refractivity contribution in [1.82, 2.24) is 20.2 Å². The van der Waals surface area contributed by atoms with Crippen molar-refractivity contribution in [3.63, 3.8) is 0 Å². The number of piperidine rings is 1. The van der Waals surface area contributed by atoms with E-state index in [2.05, 4.69) is 25.5 Å². The van der Waals surface area contributed by atoms with Crippen LogP contribution in [-0.2, 0) is 6.54 Å². The molecule has 2 aromatic carbocycles. The van der Waals surface area contributed by atoms with Gasteiger partial charge in [-0.25, -0.2) is 9.97 Å². The zero-order chi connectivity index (χ0) is 29.1. The summed E-state index contributed by atoms with van der Waals surface area (Å²) in [6, 6.07) is 21.0. The number of nitrogens with one attached hydrogen (secondary N) is 2. The molecule has 3 heterocycles. The van der Waals surface area contributed by atoms with Crippen molar-refractivity contribution in [2.24, 2.45) is 5.92 Å². The van der Waals surface area contributed by atoms with Gasteiger partial charge in [0, 0.05) is 31.6 Å². The van der Waals surface area contributed by atoms with Crippen molar-refractivity contribution >= 4 is 28.9 Å². The first kappa shape index (κ1) is 29.5. The zero-order valence-electron chi connectivity index (χ0n) is 23.8. The van der Waals surface area contributed by atoms with E-state index < -0.39 is 0 Å². The number of likely N-dealkylation sites (tertiary alicyclic amines) is 1. The summed E-state index contributed by atoms with van der Waals surface area (Å²) in [6.07, 6.45) is 4.83. The highest BCUT2D eigenvalue weighted by Crippen LogP contribution is 2.28. The average Bonchev–Trinajstić information content (AvgIpc) is 3.54. The minimum atomic E-state index is -0.133. The second kappa shape index (κ2) is 14.8. The number of methoxy groups -OCH3 is 1. The van der Waals surface area contributed by atoms with Gasteiger partial charge in [-0.1, -0.05) is 12.1 Å². The number of aliphatic hydroxyl groups excluding tert-OH is 1. The number of thiophene rings is 1. The molecule has 42 heavy (non-hydrogen) atoms. The lowest BCUT2D eigenvalue weighted by Crippen LogP contribution is -2.35. The number of ether oxygens (including phenoxy) is 2. The Bertz CT molecular complexity index is 1440. The van der Waals surface area contributed by atoms with Gasteiger partial charge >= 0.3 is 0 Å². The standard InChI is InChI=1S/C32H37N5O4S/c1-40-27-5-2-4-24(20-27)21-34-31(39)30-11-10-29(42-30)28-12-15-33-32(36-28)35-25-6-8-26(9-7-25)41-19-3-16-37-17-13-23(22-38)14-18-37/h2,4-12,15,20,23,38H,3,13-14,16-19,21-22H2,1H3,(H,34,39)(H,33,35,36).